The van der Waals surface area contributed by atoms with Crippen molar-refractivity contribution in [2.45, 2.75) is 25.8 Å². The molecule has 0 amide bonds. The monoisotopic (exact) mass is 206 g/mol. The van der Waals surface area contributed by atoms with Crippen LogP contribution in [0.4, 0.5) is 15.8 Å². The lowest BCUT2D eigenvalue weighted by atomic mass is 10.1. The second-order valence-corrected chi connectivity index (χ2v) is 3.88. The van der Waals surface area contributed by atoms with Crippen LogP contribution < -0.4 is 11.1 Å². The van der Waals surface area contributed by atoms with Gasteiger partial charge in [0.15, 0.2) is 0 Å². The first-order valence-corrected chi connectivity index (χ1v) is 5.19. The van der Waals surface area contributed by atoms with Gasteiger partial charge in [0.1, 0.15) is 5.82 Å². The molecule has 0 saturated heterocycles. The number of nitrogen functional groups attached to an aromatic ring is 1. The SMILES string of the molecule is C/C=C/c1cc(NC2CC2)c(N)cc1F. The first-order valence-electron chi connectivity index (χ1n) is 5.19. The summed E-state index contributed by atoms with van der Waals surface area (Å²) in [6, 6.07) is 3.67. The molecule has 1 aliphatic carbocycles. The molecule has 0 heterocycles. The fourth-order valence-electron chi connectivity index (χ4n) is 1.49. The normalized spacial score (nSPS) is 15.9. The van der Waals surface area contributed by atoms with E-state index in [1.807, 2.05) is 13.0 Å². The molecule has 1 aromatic rings. The van der Waals surface area contributed by atoms with E-state index < -0.39 is 0 Å². The van der Waals surface area contributed by atoms with Gasteiger partial charge in [-0.05, 0) is 31.9 Å². The lowest BCUT2D eigenvalue weighted by molar-refractivity contribution is 0.626. The third kappa shape index (κ3) is 2.29. The highest BCUT2D eigenvalue weighted by Crippen LogP contribution is 2.30. The molecule has 0 radical (unpaired) electrons. The predicted molar refractivity (Wildman–Crippen MR) is 62.2 cm³/mol. The van der Waals surface area contributed by atoms with E-state index in [9.17, 15) is 4.39 Å². The van der Waals surface area contributed by atoms with Crippen molar-refractivity contribution in [2.75, 3.05) is 11.1 Å². The van der Waals surface area contributed by atoms with E-state index >= 15 is 0 Å². The molecule has 2 rings (SSSR count). The number of nitrogens with one attached hydrogen (secondary N) is 1. The zero-order chi connectivity index (χ0) is 10.8. The largest absolute Gasteiger partial charge is 0.397 e. The quantitative estimate of drug-likeness (QED) is 0.746. The summed E-state index contributed by atoms with van der Waals surface area (Å²) in [6.45, 7) is 1.86. The van der Waals surface area contributed by atoms with Crippen LogP contribution in [-0.4, -0.2) is 6.04 Å². The molecule has 0 aromatic heterocycles. The lowest BCUT2D eigenvalue weighted by Crippen LogP contribution is -2.05. The summed E-state index contributed by atoms with van der Waals surface area (Å²) in [6.07, 6.45) is 5.91. The van der Waals surface area contributed by atoms with Crippen LogP contribution in [0.25, 0.3) is 6.08 Å². The molecule has 3 heteroatoms. The molecule has 15 heavy (non-hydrogen) atoms. The predicted octanol–water partition coefficient (Wildman–Crippen LogP) is 3.02. The van der Waals surface area contributed by atoms with E-state index in [1.54, 1.807) is 12.1 Å². The van der Waals surface area contributed by atoms with Gasteiger partial charge in [-0.15, -0.1) is 0 Å². The molecule has 0 unspecified atom stereocenters. The molecule has 1 aliphatic rings. The van der Waals surface area contributed by atoms with Gasteiger partial charge in [-0.3, -0.25) is 0 Å². The Morgan fingerprint density at radius 2 is 2.20 bits per heavy atom. The smallest absolute Gasteiger partial charge is 0.132 e. The Labute approximate surface area is 89.0 Å². The molecule has 2 nitrogen and oxygen atoms in total. The van der Waals surface area contributed by atoms with Crippen molar-refractivity contribution in [3.05, 3.63) is 29.6 Å². The summed E-state index contributed by atoms with van der Waals surface area (Å²) < 4.78 is 13.4. The molecule has 1 fully saturated rings. The molecule has 3 N–H and O–H groups in total. The third-order valence-electron chi connectivity index (χ3n) is 2.45. The molecule has 0 aliphatic heterocycles. The maximum atomic E-state index is 13.4. The molecular weight excluding hydrogens is 191 g/mol. The first-order chi connectivity index (χ1) is 7.20. The van der Waals surface area contributed by atoms with E-state index in [2.05, 4.69) is 5.32 Å². The molecule has 0 bridgehead atoms. The maximum Gasteiger partial charge on any atom is 0.132 e. The minimum Gasteiger partial charge on any atom is -0.397 e. The summed E-state index contributed by atoms with van der Waals surface area (Å²) >= 11 is 0. The van der Waals surface area contributed by atoms with E-state index in [4.69, 9.17) is 5.73 Å². The summed E-state index contributed by atoms with van der Waals surface area (Å²) in [5, 5.41) is 3.28. The van der Waals surface area contributed by atoms with Crippen molar-refractivity contribution in [2.24, 2.45) is 0 Å². The average Bonchev–Trinajstić information content (AvgIpc) is 2.97. The van der Waals surface area contributed by atoms with Gasteiger partial charge >= 0.3 is 0 Å². The summed E-state index contributed by atoms with van der Waals surface area (Å²) in [5.41, 5.74) is 7.63. The van der Waals surface area contributed by atoms with Gasteiger partial charge in [0, 0.05) is 11.6 Å². The lowest BCUT2D eigenvalue weighted by Gasteiger charge is -2.09. The third-order valence-corrected chi connectivity index (χ3v) is 2.45. The number of allylic oxidation sites excluding steroid dienone is 1. The van der Waals surface area contributed by atoms with Gasteiger partial charge in [0.05, 0.1) is 11.4 Å². The molecule has 1 aromatic carbocycles. The number of rotatable bonds is 3. The number of nitrogens with two attached hydrogens (primary N) is 1. The van der Waals surface area contributed by atoms with Gasteiger partial charge in [-0.2, -0.15) is 0 Å². The average molecular weight is 206 g/mol. The van der Waals surface area contributed by atoms with E-state index in [-0.39, 0.29) is 5.82 Å². The summed E-state index contributed by atoms with van der Waals surface area (Å²) in [7, 11) is 0. The van der Waals surface area contributed by atoms with E-state index in [0.29, 0.717) is 17.3 Å². The van der Waals surface area contributed by atoms with Crippen LogP contribution in [0.5, 0.6) is 0 Å². The molecular formula is C12H15FN2. The summed E-state index contributed by atoms with van der Waals surface area (Å²) in [5.74, 6) is -0.271. The Morgan fingerprint density at radius 1 is 1.47 bits per heavy atom. The Morgan fingerprint density at radius 3 is 2.80 bits per heavy atom. The zero-order valence-electron chi connectivity index (χ0n) is 8.76. The Kier molecular flexibility index (Phi) is 2.62. The van der Waals surface area contributed by atoms with Crippen molar-refractivity contribution in [1.82, 2.24) is 0 Å². The number of hydrogen-bond acceptors (Lipinski definition) is 2. The van der Waals surface area contributed by atoms with Crippen molar-refractivity contribution >= 4 is 17.5 Å². The minimum absolute atomic E-state index is 0.271. The molecule has 80 valence electrons. The Bertz CT molecular complexity index is 395. The van der Waals surface area contributed by atoms with Crippen molar-refractivity contribution in [1.29, 1.82) is 0 Å². The standard InChI is InChI=1S/C12H15FN2/c1-2-3-8-6-12(15-9-4-5-9)11(14)7-10(8)13/h2-3,6-7,9,15H,4-5,14H2,1H3/b3-2+. The topological polar surface area (TPSA) is 38.0 Å². The maximum absolute atomic E-state index is 13.4. The Balaban J connectivity index is 2.31. The highest BCUT2D eigenvalue weighted by molar-refractivity contribution is 5.71. The molecule has 1 saturated carbocycles. The second-order valence-electron chi connectivity index (χ2n) is 3.88. The van der Waals surface area contributed by atoms with Crippen LogP contribution >= 0.6 is 0 Å². The van der Waals surface area contributed by atoms with Gasteiger partial charge in [-0.25, -0.2) is 4.39 Å². The van der Waals surface area contributed by atoms with Crippen molar-refractivity contribution < 1.29 is 4.39 Å². The molecule has 0 atom stereocenters. The van der Waals surface area contributed by atoms with Gasteiger partial charge in [0.2, 0.25) is 0 Å². The van der Waals surface area contributed by atoms with Gasteiger partial charge < -0.3 is 11.1 Å². The second kappa shape index (κ2) is 3.93. The summed E-state index contributed by atoms with van der Waals surface area (Å²) in [4.78, 5) is 0. The Hall–Kier alpha value is -1.51. The first kappa shape index (κ1) is 10.0. The van der Waals surface area contributed by atoms with E-state index in [0.717, 1.165) is 5.69 Å². The molecule has 0 spiro atoms. The van der Waals surface area contributed by atoms with Crippen molar-refractivity contribution in [3.8, 4) is 0 Å². The fraction of sp³-hybridized carbons (Fsp3) is 0.333. The van der Waals surface area contributed by atoms with Crippen LogP contribution in [0.2, 0.25) is 0 Å². The van der Waals surface area contributed by atoms with Crippen LogP contribution in [-0.2, 0) is 0 Å². The van der Waals surface area contributed by atoms with Crippen LogP contribution in [0.1, 0.15) is 25.3 Å². The zero-order valence-corrected chi connectivity index (χ0v) is 8.76. The number of benzene rings is 1. The highest BCUT2D eigenvalue weighted by Gasteiger charge is 2.21. The van der Waals surface area contributed by atoms with Gasteiger partial charge in [-0.1, -0.05) is 12.2 Å². The number of halogens is 1. The number of anilines is 2. The van der Waals surface area contributed by atoms with Crippen molar-refractivity contribution in [3.63, 3.8) is 0 Å². The van der Waals surface area contributed by atoms with E-state index in [1.165, 1.54) is 18.9 Å². The van der Waals surface area contributed by atoms with Crippen LogP contribution in [0, 0.1) is 5.82 Å². The van der Waals surface area contributed by atoms with Crippen LogP contribution in [0.3, 0.4) is 0 Å². The van der Waals surface area contributed by atoms with Crippen LogP contribution in [0.15, 0.2) is 18.2 Å². The highest BCUT2D eigenvalue weighted by atomic mass is 19.1. The van der Waals surface area contributed by atoms with Gasteiger partial charge in [0.25, 0.3) is 0 Å². The minimum atomic E-state index is -0.271. The fourth-order valence-corrected chi connectivity index (χ4v) is 1.49. The number of hydrogen-bond donors (Lipinski definition) is 2.